The number of benzene rings is 1. The Morgan fingerprint density at radius 2 is 2.12 bits per heavy atom. The van der Waals surface area contributed by atoms with Gasteiger partial charge in [-0.1, -0.05) is 20.8 Å². The van der Waals surface area contributed by atoms with Crippen molar-refractivity contribution in [3.63, 3.8) is 0 Å². The Morgan fingerprint density at radius 1 is 1.35 bits per heavy atom. The molecule has 26 heavy (non-hydrogen) atoms. The molecular formula is C19H24N4O2S. The van der Waals surface area contributed by atoms with Gasteiger partial charge in [-0.05, 0) is 43.4 Å². The summed E-state index contributed by atoms with van der Waals surface area (Å²) in [5.74, 6) is 0.446. The van der Waals surface area contributed by atoms with Crippen LogP contribution in [0.25, 0.3) is 11.0 Å². The summed E-state index contributed by atoms with van der Waals surface area (Å²) < 4.78 is 1.92. The molecule has 1 aliphatic carbocycles. The van der Waals surface area contributed by atoms with Gasteiger partial charge >= 0.3 is 5.97 Å². The van der Waals surface area contributed by atoms with Crippen LogP contribution < -0.4 is 5.32 Å². The fourth-order valence-corrected chi connectivity index (χ4v) is 4.30. The summed E-state index contributed by atoms with van der Waals surface area (Å²) in [7, 11) is 1.91. The van der Waals surface area contributed by atoms with E-state index >= 15 is 0 Å². The lowest BCUT2D eigenvalue weighted by atomic mass is 9.93. The molecule has 0 aliphatic heterocycles. The zero-order chi connectivity index (χ0) is 18.8. The molecule has 2 heterocycles. The molecule has 1 atom stereocenters. The van der Waals surface area contributed by atoms with Crippen molar-refractivity contribution in [2.45, 2.75) is 40.0 Å². The predicted molar refractivity (Wildman–Crippen MR) is 106 cm³/mol. The number of carbonyl (C=O) groups is 1. The van der Waals surface area contributed by atoms with Gasteiger partial charge in [0.2, 0.25) is 5.95 Å². The molecule has 6 nitrogen and oxygen atoms in total. The number of imidazole rings is 1. The predicted octanol–water partition coefficient (Wildman–Crippen LogP) is 4.62. The van der Waals surface area contributed by atoms with E-state index in [1.54, 1.807) is 29.5 Å². The zero-order valence-electron chi connectivity index (χ0n) is 15.5. The van der Waals surface area contributed by atoms with E-state index in [1.807, 2.05) is 25.5 Å². The summed E-state index contributed by atoms with van der Waals surface area (Å²) in [6.07, 6.45) is 3.33. The van der Waals surface area contributed by atoms with Crippen molar-refractivity contribution in [2.24, 2.45) is 13.0 Å². The summed E-state index contributed by atoms with van der Waals surface area (Å²) in [6, 6.07) is 4.97. The summed E-state index contributed by atoms with van der Waals surface area (Å²) in [5, 5.41) is 13.3. The summed E-state index contributed by atoms with van der Waals surface area (Å²) in [4.78, 5) is 21.7. The Hall–Kier alpha value is -2.41. The SMILES string of the molecule is CC.CC1CCc2nc(Nc3nc4cc(C(=O)O)ccc4n3C)sc2C1. The van der Waals surface area contributed by atoms with Crippen molar-refractivity contribution in [3.05, 3.63) is 34.3 Å². The van der Waals surface area contributed by atoms with Gasteiger partial charge in [0.05, 0.1) is 22.3 Å². The number of aryl methyl sites for hydroxylation is 2. The van der Waals surface area contributed by atoms with Crippen LogP contribution in [0, 0.1) is 5.92 Å². The van der Waals surface area contributed by atoms with Crippen LogP contribution >= 0.6 is 11.3 Å². The molecule has 0 amide bonds. The molecule has 3 aromatic rings. The van der Waals surface area contributed by atoms with Gasteiger partial charge < -0.3 is 15.0 Å². The fourth-order valence-electron chi connectivity index (χ4n) is 3.13. The van der Waals surface area contributed by atoms with Crippen LogP contribution in [0.5, 0.6) is 0 Å². The Balaban J connectivity index is 0.000000948. The third kappa shape index (κ3) is 3.44. The second kappa shape index (κ2) is 7.45. The second-order valence-electron chi connectivity index (χ2n) is 6.36. The molecule has 0 fully saturated rings. The summed E-state index contributed by atoms with van der Waals surface area (Å²) >= 11 is 1.69. The van der Waals surface area contributed by atoms with Crippen LogP contribution in [0.2, 0.25) is 0 Å². The number of nitrogens with zero attached hydrogens (tertiary/aromatic N) is 3. The molecule has 0 radical (unpaired) electrons. The lowest BCUT2D eigenvalue weighted by Crippen LogP contribution is -2.09. The normalized spacial score (nSPS) is 15.9. The molecule has 1 unspecified atom stereocenters. The molecule has 0 bridgehead atoms. The van der Waals surface area contributed by atoms with Crippen LogP contribution in [0.1, 0.15) is 48.1 Å². The summed E-state index contributed by atoms with van der Waals surface area (Å²) in [5.41, 5.74) is 2.99. The Morgan fingerprint density at radius 3 is 2.85 bits per heavy atom. The highest BCUT2D eigenvalue weighted by Crippen LogP contribution is 2.33. The van der Waals surface area contributed by atoms with Gasteiger partial charge in [-0.25, -0.2) is 14.8 Å². The number of fused-ring (bicyclic) bond motifs is 2. The maximum absolute atomic E-state index is 11.1. The first-order valence-electron chi connectivity index (χ1n) is 8.96. The van der Waals surface area contributed by atoms with Gasteiger partial charge in [-0.2, -0.15) is 0 Å². The van der Waals surface area contributed by atoms with E-state index in [0.717, 1.165) is 29.4 Å². The Labute approximate surface area is 156 Å². The van der Waals surface area contributed by atoms with E-state index in [1.165, 1.54) is 17.0 Å². The number of carboxylic acid groups (broad SMARTS) is 1. The molecule has 1 aromatic carbocycles. The molecular weight excluding hydrogens is 348 g/mol. The molecule has 0 spiro atoms. The largest absolute Gasteiger partial charge is 0.478 e. The van der Waals surface area contributed by atoms with Crippen molar-refractivity contribution < 1.29 is 9.90 Å². The van der Waals surface area contributed by atoms with E-state index in [2.05, 4.69) is 17.2 Å². The molecule has 4 rings (SSSR count). The lowest BCUT2D eigenvalue weighted by Gasteiger charge is -2.15. The average Bonchev–Trinajstić information content (AvgIpc) is 3.17. The average molecular weight is 372 g/mol. The molecule has 0 saturated carbocycles. The third-order valence-electron chi connectivity index (χ3n) is 4.53. The molecule has 2 aromatic heterocycles. The van der Waals surface area contributed by atoms with E-state index < -0.39 is 5.97 Å². The number of nitrogens with one attached hydrogen (secondary N) is 1. The Bertz CT molecular complexity index is 945. The maximum Gasteiger partial charge on any atom is 0.335 e. The monoisotopic (exact) mass is 372 g/mol. The number of thiazole rings is 1. The quantitative estimate of drug-likeness (QED) is 0.701. The minimum atomic E-state index is -0.946. The zero-order valence-corrected chi connectivity index (χ0v) is 16.4. The van der Waals surface area contributed by atoms with Gasteiger partial charge in [0, 0.05) is 11.9 Å². The minimum Gasteiger partial charge on any atom is -0.478 e. The van der Waals surface area contributed by atoms with Gasteiger partial charge in [0.25, 0.3) is 0 Å². The summed E-state index contributed by atoms with van der Waals surface area (Å²) in [6.45, 7) is 6.28. The van der Waals surface area contributed by atoms with Crippen LogP contribution in [-0.2, 0) is 19.9 Å². The number of aromatic nitrogens is 3. The molecule has 7 heteroatoms. The van der Waals surface area contributed by atoms with Crippen LogP contribution in [0.3, 0.4) is 0 Å². The van der Waals surface area contributed by atoms with Crippen molar-refractivity contribution >= 4 is 39.4 Å². The highest BCUT2D eigenvalue weighted by atomic mass is 32.1. The van der Waals surface area contributed by atoms with E-state index in [0.29, 0.717) is 11.5 Å². The van der Waals surface area contributed by atoms with Crippen molar-refractivity contribution in [1.29, 1.82) is 0 Å². The molecule has 2 N–H and O–H groups in total. The van der Waals surface area contributed by atoms with E-state index in [9.17, 15) is 4.79 Å². The van der Waals surface area contributed by atoms with E-state index in [4.69, 9.17) is 10.1 Å². The fraction of sp³-hybridized carbons (Fsp3) is 0.421. The standard InChI is InChI=1S/C17H18N4O2S.C2H6/c1-9-3-5-11-14(7-9)24-17(19-11)20-16-18-12-8-10(15(22)23)4-6-13(12)21(16)2;1-2/h4,6,8-9H,3,5,7H2,1-2H3,(H,22,23)(H,18,19,20);1-2H3. The maximum atomic E-state index is 11.1. The van der Waals surface area contributed by atoms with Gasteiger partial charge in [0.15, 0.2) is 5.13 Å². The second-order valence-corrected chi connectivity index (χ2v) is 7.45. The molecule has 0 saturated heterocycles. The van der Waals surface area contributed by atoms with Crippen LogP contribution in [0.4, 0.5) is 11.1 Å². The van der Waals surface area contributed by atoms with Crippen LogP contribution in [0.15, 0.2) is 18.2 Å². The van der Waals surface area contributed by atoms with Crippen molar-refractivity contribution in [2.75, 3.05) is 5.32 Å². The van der Waals surface area contributed by atoms with Crippen molar-refractivity contribution in [3.8, 4) is 0 Å². The van der Waals surface area contributed by atoms with Gasteiger partial charge in [-0.3, -0.25) is 0 Å². The molecule has 1 aliphatic rings. The number of hydrogen-bond acceptors (Lipinski definition) is 5. The van der Waals surface area contributed by atoms with Gasteiger partial charge in [0.1, 0.15) is 0 Å². The Kier molecular flexibility index (Phi) is 5.27. The number of rotatable bonds is 3. The first-order chi connectivity index (χ1) is 12.5. The number of carboxylic acids is 1. The highest BCUT2D eigenvalue weighted by Gasteiger charge is 2.20. The number of anilines is 2. The third-order valence-corrected chi connectivity index (χ3v) is 5.57. The smallest absolute Gasteiger partial charge is 0.335 e. The van der Waals surface area contributed by atoms with Crippen molar-refractivity contribution in [1.82, 2.24) is 14.5 Å². The molecule has 138 valence electrons. The minimum absolute atomic E-state index is 0.242. The van der Waals surface area contributed by atoms with Gasteiger partial charge in [-0.15, -0.1) is 11.3 Å². The number of aromatic carboxylic acids is 1. The van der Waals surface area contributed by atoms with Crippen LogP contribution in [-0.4, -0.2) is 25.6 Å². The topological polar surface area (TPSA) is 80.0 Å². The van der Waals surface area contributed by atoms with E-state index in [-0.39, 0.29) is 5.56 Å². The number of hydrogen-bond donors (Lipinski definition) is 2. The lowest BCUT2D eigenvalue weighted by molar-refractivity contribution is 0.0697. The first-order valence-corrected chi connectivity index (χ1v) is 9.78. The first kappa shape index (κ1) is 18.4. The highest BCUT2D eigenvalue weighted by molar-refractivity contribution is 7.15.